The molecule has 0 aromatic carbocycles. The van der Waals surface area contributed by atoms with Gasteiger partial charge < -0.3 is 20.1 Å². The summed E-state index contributed by atoms with van der Waals surface area (Å²) < 4.78 is 40.7. The molecule has 0 radical (unpaired) electrons. The van der Waals surface area contributed by atoms with Crippen LogP contribution in [0.4, 0.5) is 23.7 Å². The van der Waals surface area contributed by atoms with Crippen LogP contribution in [0.5, 0.6) is 5.88 Å². The van der Waals surface area contributed by atoms with Gasteiger partial charge >= 0.3 is 18.2 Å². The van der Waals surface area contributed by atoms with Gasteiger partial charge in [0.2, 0.25) is 5.88 Å². The fourth-order valence-corrected chi connectivity index (χ4v) is 2.07. The number of aliphatic carboxylic acids is 1. The van der Waals surface area contributed by atoms with Gasteiger partial charge in [-0.25, -0.2) is 9.78 Å². The first kappa shape index (κ1) is 16.8. The van der Waals surface area contributed by atoms with Gasteiger partial charge in [-0.3, -0.25) is 4.79 Å². The van der Waals surface area contributed by atoms with Gasteiger partial charge in [0.05, 0.1) is 5.92 Å². The van der Waals surface area contributed by atoms with Gasteiger partial charge in [0, 0.05) is 31.0 Å². The fraction of sp³-hybridized carbons (Fsp3) is 0.462. The van der Waals surface area contributed by atoms with E-state index in [4.69, 9.17) is 5.11 Å². The standard InChI is InChI=1S/C13H14F3N3O4/c14-13(15,16)7-23-10-5-9(1-3-17-10)18-12(22)19-4-2-8(6-19)11(20)21/h1,3,5,8H,2,4,6-7H2,(H,20,21)(H,17,18,22). The number of ether oxygens (including phenoxy) is 1. The predicted octanol–water partition coefficient (Wildman–Crippen LogP) is 1.96. The Morgan fingerprint density at radius 1 is 1.48 bits per heavy atom. The maximum atomic E-state index is 12.1. The number of hydrogen-bond donors (Lipinski definition) is 2. The number of amides is 2. The number of pyridine rings is 1. The SMILES string of the molecule is O=C(O)C1CCN(C(=O)Nc2ccnc(OCC(F)(F)F)c2)C1. The molecule has 1 saturated heterocycles. The molecule has 0 aliphatic carbocycles. The fourth-order valence-electron chi connectivity index (χ4n) is 2.07. The second-order valence-corrected chi connectivity index (χ2v) is 4.99. The Morgan fingerprint density at radius 3 is 2.83 bits per heavy atom. The van der Waals surface area contributed by atoms with Gasteiger partial charge in [-0.1, -0.05) is 0 Å². The predicted molar refractivity (Wildman–Crippen MR) is 72.1 cm³/mol. The third-order valence-corrected chi connectivity index (χ3v) is 3.19. The summed E-state index contributed by atoms with van der Waals surface area (Å²) >= 11 is 0. The third-order valence-electron chi connectivity index (χ3n) is 3.19. The first-order valence-corrected chi connectivity index (χ1v) is 6.69. The first-order chi connectivity index (χ1) is 10.7. The van der Waals surface area contributed by atoms with E-state index in [1.165, 1.54) is 17.2 Å². The molecule has 1 aromatic rings. The van der Waals surface area contributed by atoms with Crippen LogP contribution in [-0.2, 0) is 4.79 Å². The van der Waals surface area contributed by atoms with Crippen molar-refractivity contribution in [1.82, 2.24) is 9.88 Å². The van der Waals surface area contributed by atoms with E-state index >= 15 is 0 Å². The molecule has 1 fully saturated rings. The average molecular weight is 333 g/mol. The highest BCUT2D eigenvalue weighted by Crippen LogP contribution is 2.21. The number of carbonyl (C=O) groups is 2. The number of alkyl halides is 3. The molecule has 10 heteroatoms. The highest BCUT2D eigenvalue weighted by molar-refractivity contribution is 5.90. The van der Waals surface area contributed by atoms with Crippen LogP contribution in [0.3, 0.4) is 0 Å². The van der Waals surface area contributed by atoms with E-state index in [0.717, 1.165) is 6.07 Å². The number of carboxylic acid groups (broad SMARTS) is 1. The molecular weight excluding hydrogens is 319 g/mol. The molecule has 2 amide bonds. The van der Waals surface area contributed by atoms with Crippen LogP contribution < -0.4 is 10.1 Å². The molecule has 1 unspecified atom stereocenters. The monoisotopic (exact) mass is 333 g/mol. The molecule has 1 atom stereocenters. The second kappa shape index (κ2) is 6.71. The van der Waals surface area contributed by atoms with Gasteiger partial charge in [0.15, 0.2) is 6.61 Å². The minimum absolute atomic E-state index is 0.0870. The molecule has 23 heavy (non-hydrogen) atoms. The number of nitrogens with zero attached hydrogens (tertiary/aromatic N) is 2. The Labute approximate surface area is 129 Å². The zero-order valence-electron chi connectivity index (χ0n) is 11.8. The Hall–Kier alpha value is -2.52. The Bertz CT molecular complexity index is 594. The van der Waals surface area contributed by atoms with Crippen molar-refractivity contribution in [2.75, 3.05) is 25.0 Å². The Kier molecular flexibility index (Phi) is 4.92. The lowest BCUT2D eigenvalue weighted by Gasteiger charge is -2.17. The summed E-state index contributed by atoms with van der Waals surface area (Å²) in [6.45, 7) is -1.10. The molecular formula is C13H14F3N3O4. The number of halogens is 3. The number of urea groups is 1. The summed E-state index contributed by atoms with van der Waals surface area (Å²) in [7, 11) is 0. The summed E-state index contributed by atoms with van der Waals surface area (Å²) in [5.74, 6) is -1.85. The number of anilines is 1. The number of carbonyl (C=O) groups excluding carboxylic acids is 1. The Balaban J connectivity index is 1.92. The van der Waals surface area contributed by atoms with E-state index < -0.39 is 30.7 Å². The number of likely N-dealkylation sites (tertiary alicyclic amines) is 1. The molecule has 1 aliphatic rings. The zero-order valence-corrected chi connectivity index (χ0v) is 11.8. The van der Waals surface area contributed by atoms with E-state index in [-0.39, 0.29) is 18.1 Å². The number of carboxylic acids is 1. The molecule has 2 rings (SSSR count). The van der Waals surface area contributed by atoms with Crippen LogP contribution >= 0.6 is 0 Å². The van der Waals surface area contributed by atoms with Crippen molar-refractivity contribution in [2.24, 2.45) is 5.92 Å². The van der Waals surface area contributed by atoms with Crippen molar-refractivity contribution < 1.29 is 32.6 Å². The minimum atomic E-state index is -4.48. The van der Waals surface area contributed by atoms with Crippen molar-refractivity contribution in [2.45, 2.75) is 12.6 Å². The maximum Gasteiger partial charge on any atom is 0.422 e. The molecule has 0 spiro atoms. The van der Waals surface area contributed by atoms with Gasteiger partial charge in [-0.2, -0.15) is 13.2 Å². The van der Waals surface area contributed by atoms with Crippen molar-refractivity contribution in [3.8, 4) is 5.88 Å². The summed E-state index contributed by atoms with van der Waals surface area (Å²) in [4.78, 5) is 27.8. The summed E-state index contributed by atoms with van der Waals surface area (Å²) in [5.41, 5.74) is 0.209. The minimum Gasteiger partial charge on any atom is -0.481 e. The molecule has 2 heterocycles. The normalized spacial score (nSPS) is 17.9. The van der Waals surface area contributed by atoms with Gasteiger partial charge in [0.1, 0.15) is 0 Å². The lowest BCUT2D eigenvalue weighted by atomic mass is 10.1. The van der Waals surface area contributed by atoms with Crippen molar-refractivity contribution in [3.63, 3.8) is 0 Å². The van der Waals surface area contributed by atoms with Crippen LogP contribution in [0.15, 0.2) is 18.3 Å². The lowest BCUT2D eigenvalue weighted by Crippen LogP contribution is -2.33. The van der Waals surface area contributed by atoms with Gasteiger partial charge in [-0.15, -0.1) is 0 Å². The quantitative estimate of drug-likeness (QED) is 0.879. The molecule has 0 bridgehead atoms. The number of rotatable bonds is 4. The maximum absolute atomic E-state index is 12.1. The molecule has 1 aromatic heterocycles. The number of hydrogen-bond acceptors (Lipinski definition) is 4. The second-order valence-electron chi connectivity index (χ2n) is 4.99. The van der Waals surface area contributed by atoms with Crippen molar-refractivity contribution in [3.05, 3.63) is 18.3 Å². The first-order valence-electron chi connectivity index (χ1n) is 6.69. The molecule has 2 N–H and O–H groups in total. The van der Waals surface area contributed by atoms with E-state index in [2.05, 4.69) is 15.0 Å². The van der Waals surface area contributed by atoms with E-state index in [1.807, 2.05) is 0 Å². The lowest BCUT2D eigenvalue weighted by molar-refractivity contribution is -0.154. The molecule has 7 nitrogen and oxygen atoms in total. The smallest absolute Gasteiger partial charge is 0.422 e. The van der Waals surface area contributed by atoms with Crippen LogP contribution in [0.2, 0.25) is 0 Å². The van der Waals surface area contributed by atoms with Gasteiger partial charge in [0.25, 0.3) is 0 Å². The molecule has 1 aliphatic heterocycles. The number of aromatic nitrogens is 1. The summed E-state index contributed by atoms with van der Waals surface area (Å²) in [5, 5.41) is 11.4. The van der Waals surface area contributed by atoms with Crippen LogP contribution in [0.25, 0.3) is 0 Å². The zero-order chi connectivity index (χ0) is 17.0. The number of nitrogens with one attached hydrogen (secondary N) is 1. The third kappa shape index (κ3) is 5.01. The van der Waals surface area contributed by atoms with Crippen molar-refractivity contribution in [1.29, 1.82) is 0 Å². The van der Waals surface area contributed by atoms with Crippen LogP contribution in [0.1, 0.15) is 6.42 Å². The Morgan fingerprint density at radius 2 is 2.22 bits per heavy atom. The van der Waals surface area contributed by atoms with E-state index in [9.17, 15) is 22.8 Å². The topological polar surface area (TPSA) is 91.8 Å². The molecule has 126 valence electrons. The highest BCUT2D eigenvalue weighted by Gasteiger charge is 2.31. The summed E-state index contributed by atoms with van der Waals surface area (Å²) in [6, 6.07) is 2.03. The van der Waals surface area contributed by atoms with E-state index in [0.29, 0.717) is 13.0 Å². The summed E-state index contributed by atoms with van der Waals surface area (Å²) in [6.07, 6.45) is -2.92. The highest BCUT2D eigenvalue weighted by atomic mass is 19.4. The van der Waals surface area contributed by atoms with Gasteiger partial charge in [-0.05, 0) is 12.5 Å². The van der Waals surface area contributed by atoms with Crippen LogP contribution in [-0.4, -0.2) is 52.9 Å². The van der Waals surface area contributed by atoms with Crippen molar-refractivity contribution >= 4 is 17.7 Å². The molecule has 0 saturated carbocycles. The van der Waals surface area contributed by atoms with Crippen LogP contribution in [0, 0.1) is 5.92 Å². The average Bonchev–Trinajstić information content (AvgIpc) is 2.95. The largest absolute Gasteiger partial charge is 0.481 e. The van der Waals surface area contributed by atoms with E-state index in [1.54, 1.807) is 0 Å².